The number of aromatic nitrogens is 2. The summed E-state index contributed by atoms with van der Waals surface area (Å²) < 4.78 is 38.9. The molecule has 0 unspecified atom stereocenters. The van der Waals surface area contributed by atoms with E-state index in [4.69, 9.17) is 5.11 Å². The second-order valence-electron chi connectivity index (χ2n) is 7.15. The number of rotatable bonds is 6. The third-order valence-electron chi connectivity index (χ3n) is 5.06. The van der Waals surface area contributed by atoms with Gasteiger partial charge in [0.25, 0.3) is 5.91 Å². The normalized spacial score (nSPS) is 13.1. The second-order valence-corrected chi connectivity index (χ2v) is 7.15. The standard InChI is InChI=1S/C22H20F3N5O2/c23-22(24,25)14-3-1-4-15(11-14)29-19-12-20(28-13-27-19)30-9-7-16-17(5-2-6-18(16)30)21(32)26-8-10-31/h1-6,11-13,31H,7-10H2,(H,26,32)(H,27,28,29). The van der Waals surface area contributed by atoms with Gasteiger partial charge in [0.2, 0.25) is 0 Å². The Labute approximate surface area is 181 Å². The molecular weight excluding hydrogens is 423 g/mol. The van der Waals surface area contributed by atoms with Crippen LogP contribution in [0.5, 0.6) is 0 Å². The predicted molar refractivity (Wildman–Crippen MR) is 113 cm³/mol. The highest BCUT2D eigenvalue weighted by Crippen LogP contribution is 2.36. The van der Waals surface area contributed by atoms with E-state index in [2.05, 4.69) is 20.6 Å². The summed E-state index contributed by atoms with van der Waals surface area (Å²) in [7, 11) is 0. The number of amides is 1. The lowest BCUT2D eigenvalue weighted by Gasteiger charge is -2.19. The molecule has 0 spiro atoms. The molecule has 3 aromatic rings. The van der Waals surface area contributed by atoms with Crippen LogP contribution in [-0.4, -0.2) is 40.7 Å². The fourth-order valence-electron chi connectivity index (χ4n) is 3.63. The first-order chi connectivity index (χ1) is 15.4. The van der Waals surface area contributed by atoms with Crippen LogP contribution in [0.4, 0.5) is 36.2 Å². The Morgan fingerprint density at radius 1 is 1.12 bits per heavy atom. The summed E-state index contributed by atoms with van der Waals surface area (Å²) in [4.78, 5) is 22.8. The van der Waals surface area contributed by atoms with Crippen molar-refractivity contribution in [3.05, 3.63) is 71.5 Å². The first-order valence-corrected chi connectivity index (χ1v) is 9.91. The van der Waals surface area contributed by atoms with Gasteiger partial charge in [-0.1, -0.05) is 12.1 Å². The molecule has 0 atom stereocenters. The van der Waals surface area contributed by atoms with Crippen molar-refractivity contribution in [2.24, 2.45) is 0 Å². The molecule has 1 aliphatic rings. The number of nitrogens with one attached hydrogen (secondary N) is 2. The molecule has 166 valence electrons. The number of nitrogens with zero attached hydrogens (tertiary/aromatic N) is 3. The third-order valence-corrected chi connectivity index (χ3v) is 5.06. The summed E-state index contributed by atoms with van der Waals surface area (Å²) in [6.07, 6.45) is -2.48. The molecule has 2 heterocycles. The maximum atomic E-state index is 13.0. The zero-order chi connectivity index (χ0) is 22.7. The molecular formula is C22H20F3N5O2. The van der Waals surface area contributed by atoms with Gasteiger partial charge in [-0.05, 0) is 42.3 Å². The van der Waals surface area contributed by atoms with Crippen molar-refractivity contribution in [2.75, 3.05) is 29.9 Å². The zero-order valence-electron chi connectivity index (χ0n) is 16.9. The molecule has 32 heavy (non-hydrogen) atoms. The minimum absolute atomic E-state index is 0.143. The number of benzene rings is 2. The zero-order valence-corrected chi connectivity index (χ0v) is 16.9. The fourth-order valence-corrected chi connectivity index (χ4v) is 3.63. The van der Waals surface area contributed by atoms with Crippen molar-refractivity contribution in [2.45, 2.75) is 12.6 Å². The largest absolute Gasteiger partial charge is 0.416 e. The average molecular weight is 443 g/mol. The summed E-state index contributed by atoms with van der Waals surface area (Å²) >= 11 is 0. The first-order valence-electron chi connectivity index (χ1n) is 9.91. The van der Waals surface area contributed by atoms with Crippen molar-refractivity contribution in [3.8, 4) is 0 Å². The molecule has 1 amide bonds. The number of carbonyl (C=O) groups excluding carboxylic acids is 1. The minimum atomic E-state index is -4.44. The van der Waals surface area contributed by atoms with Gasteiger partial charge in [0, 0.05) is 36.1 Å². The Bertz CT molecular complexity index is 1140. The van der Waals surface area contributed by atoms with Gasteiger partial charge in [0.15, 0.2) is 0 Å². The molecule has 0 bridgehead atoms. The smallest absolute Gasteiger partial charge is 0.395 e. The summed E-state index contributed by atoms with van der Waals surface area (Å²) in [5.41, 5.74) is 1.74. The predicted octanol–water partition coefficient (Wildman–Crippen LogP) is 3.66. The molecule has 10 heteroatoms. The monoisotopic (exact) mass is 443 g/mol. The van der Waals surface area contributed by atoms with Gasteiger partial charge in [0.05, 0.1) is 12.2 Å². The van der Waals surface area contributed by atoms with E-state index in [-0.39, 0.29) is 24.7 Å². The molecule has 7 nitrogen and oxygen atoms in total. The number of aliphatic hydroxyl groups excluding tert-OH is 1. The number of fused-ring (bicyclic) bond motifs is 1. The van der Waals surface area contributed by atoms with Crippen LogP contribution in [0.25, 0.3) is 0 Å². The first kappa shape index (κ1) is 21.6. The Balaban J connectivity index is 1.58. The maximum absolute atomic E-state index is 13.0. The van der Waals surface area contributed by atoms with Crippen LogP contribution >= 0.6 is 0 Å². The van der Waals surface area contributed by atoms with E-state index >= 15 is 0 Å². The van der Waals surface area contributed by atoms with Crippen LogP contribution in [0, 0.1) is 0 Å². The summed E-state index contributed by atoms with van der Waals surface area (Å²) in [5.74, 6) is 0.646. The number of hydrogen-bond acceptors (Lipinski definition) is 6. The maximum Gasteiger partial charge on any atom is 0.416 e. The number of anilines is 4. The van der Waals surface area contributed by atoms with E-state index in [1.807, 2.05) is 11.0 Å². The highest BCUT2D eigenvalue weighted by molar-refractivity contribution is 5.98. The van der Waals surface area contributed by atoms with Crippen molar-refractivity contribution in [1.82, 2.24) is 15.3 Å². The van der Waals surface area contributed by atoms with Gasteiger partial charge in [-0.15, -0.1) is 0 Å². The van der Waals surface area contributed by atoms with Gasteiger partial charge in [-0.3, -0.25) is 4.79 Å². The topological polar surface area (TPSA) is 90.4 Å². The molecule has 1 aromatic heterocycles. The van der Waals surface area contributed by atoms with Crippen LogP contribution < -0.4 is 15.5 Å². The Morgan fingerprint density at radius 2 is 1.94 bits per heavy atom. The molecule has 0 fully saturated rings. The van der Waals surface area contributed by atoms with Gasteiger partial charge in [0.1, 0.15) is 18.0 Å². The summed E-state index contributed by atoms with van der Waals surface area (Å²) in [6.45, 7) is 0.609. The van der Waals surface area contributed by atoms with E-state index in [0.29, 0.717) is 30.2 Å². The van der Waals surface area contributed by atoms with Gasteiger partial charge < -0.3 is 20.6 Å². The van der Waals surface area contributed by atoms with E-state index in [9.17, 15) is 18.0 Å². The van der Waals surface area contributed by atoms with Crippen molar-refractivity contribution >= 4 is 28.9 Å². The lowest BCUT2D eigenvalue weighted by molar-refractivity contribution is -0.137. The SMILES string of the molecule is O=C(NCCO)c1cccc2c1CCN2c1cc(Nc2cccc(C(F)(F)F)c2)ncn1. The number of aliphatic hydroxyl groups is 1. The van der Waals surface area contributed by atoms with Gasteiger partial charge in [-0.2, -0.15) is 13.2 Å². The molecule has 1 aliphatic heterocycles. The van der Waals surface area contributed by atoms with Crippen molar-refractivity contribution < 1.29 is 23.1 Å². The van der Waals surface area contributed by atoms with Crippen LogP contribution in [0.15, 0.2) is 54.9 Å². The number of hydrogen-bond donors (Lipinski definition) is 3. The number of alkyl halides is 3. The van der Waals surface area contributed by atoms with E-state index in [1.165, 1.54) is 18.5 Å². The van der Waals surface area contributed by atoms with E-state index in [0.717, 1.165) is 23.4 Å². The molecule has 0 aliphatic carbocycles. The lowest BCUT2D eigenvalue weighted by Crippen LogP contribution is -2.27. The van der Waals surface area contributed by atoms with Crippen LogP contribution in [0.2, 0.25) is 0 Å². The lowest BCUT2D eigenvalue weighted by atomic mass is 10.0. The van der Waals surface area contributed by atoms with Crippen LogP contribution in [-0.2, 0) is 12.6 Å². The van der Waals surface area contributed by atoms with Gasteiger partial charge >= 0.3 is 6.18 Å². The Morgan fingerprint density at radius 3 is 2.72 bits per heavy atom. The Kier molecular flexibility index (Phi) is 5.95. The highest BCUT2D eigenvalue weighted by Gasteiger charge is 2.30. The number of halogens is 3. The molecule has 0 saturated heterocycles. The van der Waals surface area contributed by atoms with E-state index < -0.39 is 11.7 Å². The summed E-state index contributed by atoms with van der Waals surface area (Å²) in [6, 6.07) is 11.9. The highest BCUT2D eigenvalue weighted by atomic mass is 19.4. The molecule has 2 aromatic carbocycles. The van der Waals surface area contributed by atoms with E-state index in [1.54, 1.807) is 18.2 Å². The van der Waals surface area contributed by atoms with Crippen LogP contribution in [0.1, 0.15) is 21.5 Å². The molecule has 0 radical (unpaired) electrons. The fraction of sp³-hybridized carbons (Fsp3) is 0.227. The van der Waals surface area contributed by atoms with Gasteiger partial charge in [-0.25, -0.2) is 9.97 Å². The van der Waals surface area contributed by atoms with Crippen LogP contribution in [0.3, 0.4) is 0 Å². The van der Waals surface area contributed by atoms with Crippen molar-refractivity contribution in [1.29, 1.82) is 0 Å². The second kappa shape index (κ2) is 8.83. The molecule has 4 rings (SSSR count). The minimum Gasteiger partial charge on any atom is -0.395 e. The Hall–Kier alpha value is -3.66. The third kappa shape index (κ3) is 4.50. The van der Waals surface area contributed by atoms with Crippen molar-refractivity contribution in [3.63, 3.8) is 0 Å². The molecule has 0 saturated carbocycles. The summed E-state index contributed by atoms with van der Waals surface area (Å²) in [5, 5.41) is 14.5. The quantitative estimate of drug-likeness (QED) is 0.539. The number of carbonyl (C=O) groups is 1. The average Bonchev–Trinajstić information content (AvgIpc) is 3.21. The molecule has 3 N–H and O–H groups in total.